The molecule has 0 heterocycles. The quantitative estimate of drug-likeness (QED) is 0.780. The first-order valence-corrected chi connectivity index (χ1v) is 5.56. The lowest BCUT2D eigenvalue weighted by Crippen LogP contribution is -2.27. The molecule has 0 spiro atoms. The number of rotatable bonds is 7. The molecule has 6 heteroatoms. The van der Waals surface area contributed by atoms with E-state index in [1.807, 2.05) is 0 Å². The summed E-state index contributed by atoms with van der Waals surface area (Å²) in [5.41, 5.74) is 5.53. The van der Waals surface area contributed by atoms with E-state index in [0.717, 1.165) is 0 Å². The van der Waals surface area contributed by atoms with Crippen LogP contribution in [-0.2, 0) is 16.0 Å². The predicted molar refractivity (Wildman–Crippen MR) is 65.4 cm³/mol. The molecule has 102 valence electrons. The third-order valence-electron chi connectivity index (χ3n) is 2.59. The second kappa shape index (κ2) is 7.25. The van der Waals surface area contributed by atoms with Gasteiger partial charge >= 0.3 is 0 Å². The van der Waals surface area contributed by atoms with Crippen molar-refractivity contribution in [3.63, 3.8) is 0 Å². The van der Waals surface area contributed by atoms with Crippen LogP contribution in [0.15, 0.2) is 12.1 Å². The molecule has 0 aliphatic heterocycles. The average Bonchev–Trinajstić information content (AvgIpc) is 2.39. The first kappa shape index (κ1) is 14.8. The minimum atomic E-state index is -0.926. The summed E-state index contributed by atoms with van der Waals surface area (Å²) < 4.78 is 37.1. The van der Waals surface area contributed by atoms with E-state index in [0.29, 0.717) is 13.2 Å². The van der Waals surface area contributed by atoms with E-state index in [1.165, 1.54) is 19.2 Å². The van der Waals surface area contributed by atoms with Gasteiger partial charge in [0.25, 0.3) is 0 Å². The highest BCUT2D eigenvalue weighted by molar-refractivity contribution is 5.47. The molecule has 0 amide bonds. The zero-order chi connectivity index (χ0) is 13.5. The molecule has 0 bridgehead atoms. The number of hydrogen-bond donors (Lipinski definition) is 2. The van der Waals surface area contributed by atoms with Crippen molar-refractivity contribution in [1.29, 1.82) is 0 Å². The summed E-state index contributed by atoms with van der Waals surface area (Å²) in [5, 5.41) is 2.78. The van der Waals surface area contributed by atoms with Gasteiger partial charge in [-0.3, -0.25) is 0 Å². The van der Waals surface area contributed by atoms with Gasteiger partial charge in [0.15, 0.2) is 11.6 Å². The summed E-state index contributed by atoms with van der Waals surface area (Å²) in [6, 6.07) is 2.92. The van der Waals surface area contributed by atoms with Gasteiger partial charge in [-0.2, -0.15) is 0 Å². The minimum Gasteiger partial charge on any atom is -0.382 e. The molecule has 0 saturated carbocycles. The van der Waals surface area contributed by atoms with Crippen LogP contribution in [0.4, 0.5) is 14.5 Å². The van der Waals surface area contributed by atoms with E-state index in [4.69, 9.17) is 15.2 Å². The van der Waals surface area contributed by atoms with Crippen LogP contribution in [0.1, 0.15) is 5.56 Å². The van der Waals surface area contributed by atoms with Gasteiger partial charge in [-0.15, -0.1) is 0 Å². The predicted octanol–water partition coefficient (Wildman–Crippen LogP) is 1.50. The van der Waals surface area contributed by atoms with E-state index in [2.05, 4.69) is 5.32 Å². The zero-order valence-electron chi connectivity index (χ0n) is 10.5. The molecule has 1 unspecified atom stereocenters. The molecule has 0 aliphatic carbocycles. The molecular formula is C12H18F2N2O2. The second-order valence-electron chi connectivity index (χ2n) is 3.80. The van der Waals surface area contributed by atoms with Crippen LogP contribution < -0.4 is 11.1 Å². The highest BCUT2D eigenvalue weighted by Gasteiger charge is 2.14. The Morgan fingerprint density at radius 3 is 2.56 bits per heavy atom. The molecule has 4 nitrogen and oxygen atoms in total. The van der Waals surface area contributed by atoms with Crippen LogP contribution in [0.3, 0.4) is 0 Å². The summed E-state index contributed by atoms with van der Waals surface area (Å²) in [7, 11) is 3.07. The largest absolute Gasteiger partial charge is 0.382 e. The summed E-state index contributed by atoms with van der Waals surface area (Å²) in [4.78, 5) is 0. The second-order valence-corrected chi connectivity index (χ2v) is 3.80. The fourth-order valence-electron chi connectivity index (χ4n) is 1.50. The van der Waals surface area contributed by atoms with Gasteiger partial charge in [-0.05, 0) is 6.07 Å². The molecular weight excluding hydrogens is 242 g/mol. The molecule has 0 saturated heterocycles. The highest BCUT2D eigenvalue weighted by atomic mass is 19.2. The van der Waals surface area contributed by atoms with Crippen molar-refractivity contribution in [1.82, 2.24) is 0 Å². The Bertz CT molecular complexity index is 389. The Morgan fingerprint density at radius 1 is 1.28 bits per heavy atom. The number of ether oxygens (including phenoxy) is 2. The molecule has 0 radical (unpaired) electrons. The normalized spacial score (nSPS) is 12.5. The highest BCUT2D eigenvalue weighted by Crippen LogP contribution is 2.20. The minimum absolute atomic E-state index is 0.0343. The summed E-state index contributed by atoms with van der Waals surface area (Å²) in [6.07, 6.45) is -0.230. The third kappa shape index (κ3) is 3.63. The Labute approximate surface area is 105 Å². The van der Waals surface area contributed by atoms with Crippen LogP contribution >= 0.6 is 0 Å². The molecule has 1 rings (SSSR count). The van der Waals surface area contributed by atoms with Crippen molar-refractivity contribution in [2.24, 2.45) is 5.73 Å². The Kier molecular flexibility index (Phi) is 5.97. The summed E-state index contributed by atoms with van der Waals surface area (Å²) >= 11 is 0. The maximum absolute atomic E-state index is 13.6. The molecule has 0 fully saturated rings. The number of anilines is 1. The standard InChI is InChI=1S/C12H18F2N2O2/c1-17-7-9(18-2)6-16-10-4-3-8(5-15)11(13)12(10)14/h3-4,9,16H,5-7,15H2,1-2H3. The van der Waals surface area contributed by atoms with Crippen molar-refractivity contribution < 1.29 is 18.3 Å². The lowest BCUT2D eigenvalue weighted by atomic mass is 10.1. The SMILES string of the molecule is COCC(CNc1ccc(CN)c(F)c1F)OC. The van der Waals surface area contributed by atoms with Crippen LogP contribution in [0, 0.1) is 11.6 Å². The molecule has 1 aromatic carbocycles. The third-order valence-corrected chi connectivity index (χ3v) is 2.59. The molecule has 0 aromatic heterocycles. The van der Waals surface area contributed by atoms with Gasteiger partial charge in [-0.1, -0.05) is 6.07 Å². The summed E-state index contributed by atoms with van der Waals surface area (Å²) in [6.45, 7) is 0.657. The fourth-order valence-corrected chi connectivity index (χ4v) is 1.50. The average molecular weight is 260 g/mol. The van der Waals surface area contributed by atoms with Crippen molar-refractivity contribution >= 4 is 5.69 Å². The molecule has 1 atom stereocenters. The van der Waals surface area contributed by atoms with Crippen LogP contribution in [0.2, 0.25) is 0 Å². The molecule has 3 N–H and O–H groups in total. The van der Waals surface area contributed by atoms with Crippen molar-refractivity contribution in [3.05, 3.63) is 29.3 Å². The fraction of sp³-hybridized carbons (Fsp3) is 0.500. The number of nitrogens with one attached hydrogen (secondary N) is 1. The molecule has 18 heavy (non-hydrogen) atoms. The van der Waals surface area contributed by atoms with E-state index < -0.39 is 11.6 Å². The monoisotopic (exact) mass is 260 g/mol. The number of nitrogens with two attached hydrogens (primary N) is 1. The summed E-state index contributed by atoms with van der Waals surface area (Å²) in [5.74, 6) is -1.84. The van der Waals surface area contributed by atoms with Gasteiger partial charge < -0.3 is 20.5 Å². The number of halogens is 2. The van der Waals surface area contributed by atoms with Crippen LogP contribution in [0.5, 0.6) is 0 Å². The Morgan fingerprint density at radius 2 is 2.00 bits per heavy atom. The van der Waals surface area contributed by atoms with Crippen LogP contribution in [-0.4, -0.2) is 33.5 Å². The van der Waals surface area contributed by atoms with Crippen molar-refractivity contribution in [2.75, 3.05) is 32.7 Å². The molecule has 0 aliphatic rings. The maximum atomic E-state index is 13.6. The number of benzene rings is 1. The first-order valence-electron chi connectivity index (χ1n) is 5.56. The number of hydrogen-bond acceptors (Lipinski definition) is 4. The van der Waals surface area contributed by atoms with E-state index in [1.54, 1.807) is 7.11 Å². The van der Waals surface area contributed by atoms with Gasteiger partial charge in [0.2, 0.25) is 0 Å². The van der Waals surface area contributed by atoms with Crippen molar-refractivity contribution in [2.45, 2.75) is 12.6 Å². The molecule has 1 aromatic rings. The lowest BCUT2D eigenvalue weighted by molar-refractivity contribution is 0.0365. The Hall–Kier alpha value is -1.24. The topological polar surface area (TPSA) is 56.5 Å². The zero-order valence-corrected chi connectivity index (χ0v) is 10.5. The van der Waals surface area contributed by atoms with Gasteiger partial charge in [0.05, 0.1) is 18.4 Å². The van der Waals surface area contributed by atoms with Crippen LogP contribution in [0.25, 0.3) is 0 Å². The van der Waals surface area contributed by atoms with Gasteiger partial charge in [0.1, 0.15) is 0 Å². The maximum Gasteiger partial charge on any atom is 0.182 e. The first-order chi connectivity index (χ1) is 8.63. The van der Waals surface area contributed by atoms with Gasteiger partial charge in [-0.25, -0.2) is 8.78 Å². The van der Waals surface area contributed by atoms with E-state index in [-0.39, 0.29) is 23.9 Å². The smallest absolute Gasteiger partial charge is 0.182 e. The van der Waals surface area contributed by atoms with Crippen molar-refractivity contribution in [3.8, 4) is 0 Å². The van der Waals surface area contributed by atoms with Gasteiger partial charge in [0, 0.05) is 32.9 Å². The Balaban J connectivity index is 2.70. The van der Waals surface area contributed by atoms with E-state index in [9.17, 15) is 8.78 Å². The van der Waals surface area contributed by atoms with E-state index >= 15 is 0 Å². The lowest BCUT2D eigenvalue weighted by Gasteiger charge is -2.16. The number of methoxy groups -OCH3 is 2.